The highest BCUT2D eigenvalue weighted by Gasteiger charge is 2.43. The van der Waals surface area contributed by atoms with Crippen molar-refractivity contribution in [3.63, 3.8) is 0 Å². The number of phosphoric ester groups is 1. The molecule has 2 heterocycles. The average Bonchev–Trinajstić information content (AvgIpc) is 3.42. The lowest BCUT2D eigenvalue weighted by Gasteiger charge is -2.32. The van der Waals surface area contributed by atoms with E-state index in [0.29, 0.717) is 0 Å². The van der Waals surface area contributed by atoms with Crippen LogP contribution in [-0.4, -0.2) is 63.0 Å². The van der Waals surface area contributed by atoms with Gasteiger partial charge in [-0.05, 0) is 23.5 Å². The van der Waals surface area contributed by atoms with Crippen LogP contribution in [-0.2, 0) is 30.0 Å². The van der Waals surface area contributed by atoms with E-state index in [2.05, 4.69) is 14.8 Å². The number of carbonyl (C=O) groups is 2. The minimum atomic E-state index is -4.70. The number of carbonyl (C=O) groups excluding carboxylic acids is 2. The zero-order valence-corrected chi connectivity index (χ0v) is 22.4. The Kier molecular flexibility index (Phi) is 9.05. The van der Waals surface area contributed by atoms with Gasteiger partial charge in [0.1, 0.15) is 6.04 Å². The zero-order valence-electron chi connectivity index (χ0n) is 20.7. The third-order valence-corrected chi connectivity index (χ3v) is 7.42. The minimum Gasteiger partial charge on any atom is -0.350 e. The van der Waals surface area contributed by atoms with Crippen LogP contribution in [0, 0.1) is 12.3 Å². The van der Waals surface area contributed by atoms with Crippen molar-refractivity contribution in [1.29, 1.82) is 0 Å². The summed E-state index contributed by atoms with van der Waals surface area (Å²) in [6, 6.07) is 6.10. The summed E-state index contributed by atoms with van der Waals surface area (Å²) in [6.07, 6.45) is -0.506. The highest BCUT2D eigenvalue weighted by Crippen LogP contribution is 2.36. The van der Waals surface area contributed by atoms with Gasteiger partial charge >= 0.3 is 7.82 Å². The largest absolute Gasteiger partial charge is 0.471 e. The first-order valence-corrected chi connectivity index (χ1v) is 13.8. The Bertz CT molecular complexity index is 1110. The molecule has 3 atom stereocenters. The molecule has 0 spiro atoms. The van der Waals surface area contributed by atoms with E-state index in [1.54, 1.807) is 16.8 Å². The number of nitrogens with two attached hydrogens (primary N) is 1. The van der Waals surface area contributed by atoms with Gasteiger partial charge in [-0.25, -0.2) is 9.55 Å². The lowest BCUT2D eigenvalue weighted by atomic mass is 9.86. The van der Waals surface area contributed by atoms with E-state index in [1.165, 1.54) is 4.90 Å². The molecule has 1 aliphatic rings. The van der Waals surface area contributed by atoms with Gasteiger partial charge in [0.15, 0.2) is 6.79 Å². The Balaban J connectivity index is 1.66. The third kappa shape index (κ3) is 7.42. The fourth-order valence-electron chi connectivity index (χ4n) is 3.81. The van der Waals surface area contributed by atoms with Gasteiger partial charge in [0.05, 0.1) is 28.2 Å². The maximum absolute atomic E-state index is 13.1. The number of nitrogens with one attached hydrogen (secondary N) is 1. The molecule has 198 valence electrons. The molecule has 1 aromatic heterocycles. The molecule has 1 saturated heterocycles. The molecule has 36 heavy (non-hydrogen) atoms. The molecule has 0 aliphatic carbocycles. The molecule has 2 aromatic rings. The van der Waals surface area contributed by atoms with Crippen molar-refractivity contribution in [2.24, 2.45) is 11.1 Å². The number of ether oxygens (including phenoxy) is 1. The molecule has 2 amide bonds. The number of rotatable bonds is 9. The van der Waals surface area contributed by atoms with E-state index in [4.69, 9.17) is 20.3 Å². The van der Waals surface area contributed by atoms with Crippen LogP contribution < -0.4 is 11.1 Å². The van der Waals surface area contributed by atoms with Crippen LogP contribution in [0.2, 0.25) is 0 Å². The maximum atomic E-state index is 13.1. The van der Waals surface area contributed by atoms with Crippen molar-refractivity contribution in [2.45, 2.75) is 58.8 Å². The van der Waals surface area contributed by atoms with Crippen molar-refractivity contribution in [3.05, 3.63) is 41.0 Å². The smallest absolute Gasteiger partial charge is 0.350 e. The van der Waals surface area contributed by atoms with Crippen LogP contribution in [0.3, 0.4) is 0 Å². The molecule has 11 nitrogen and oxygen atoms in total. The van der Waals surface area contributed by atoms with E-state index in [-0.39, 0.29) is 25.4 Å². The number of hydrogen-bond donors (Lipinski definition) is 4. The van der Waals surface area contributed by atoms with Gasteiger partial charge in [-0.2, -0.15) is 0 Å². The summed E-state index contributed by atoms with van der Waals surface area (Å²) < 4.78 is 20.7. The molecule has 0 saturated carbocycles. The van der Waals surface area contributed by atoms with Crippen LogP contribution >= 0.6 is 19.2 Å². The van der Waals surface area contributed by atoms with Crippen molar-refractivity contribution >= 4 is 31.0 Å². The highest BCUT2D eigenvalue weighted by atomic mass is 32.1. The molecule has 0 bridgehead atoms. The number of aromatic nitrogens is 1. The van der Waals surface area contributed by atoms with Gasteiger partial charge in [-0.1, -0.05) is 45.0 Å². The maximum Gasteiger partial charge on any atom is 0.471 e. The summed E-state index contributed by atoms with van der Waals surface area (Å²) in [4.78, 5) is 50.7. The number of aryl methyl sites for hydroxylation is 1. The molecule has 5 N–H and O–H groups in total. The molecule has 13 heteroatoms. The molecule has 1 aliphatic heterocycles. The fraction of sp³-hybridized carbons (Fsp3) is 0.522. The Morgan fingerprint density at radius 1 is 1.31 bits per heavy atom. The Hall–Kier alpha value is -2.18. The second-order valence-electron chi connectivity index (χ2n) is 9.79. The summed E-state index contributed by atoms with van der Waals surface area (Å²) >= 11 is 1.56. The van der Waals surface area contributed by atoms with Gasteiger partial charge in [0.25, 0.3) is 0 Å². The number of thiazole rings is 1. The number of likely N-dealkylation sites (tertiary alicyclic amines) is 1. The van der Waals surface area contributed by atoms with Crippen LogP contribution in [0.5, 0.6) is 0 Å². The predicted molar refractivity (Wildman–Crippen MR) is 135 cm³/mol. The monoisotopic (exact) mass is 540 g/mol. The topological polar surface area (TPSA) is 164 Å². The van der Waals surface area contributed by atoms with E-state index in [1.807, 2.05) is 52.0 Å². The molecule has 0 radical (unpaired) electrons. The normalized spacial score (nSPS) is 19.4. The number of hydrogen-bond acceptors (Lipinski definition) is 8. The second kappa shape index (κ2) is 11.5. The highest BCUT2D eigenvalue weighted by molar-refractivity contribution is 7.46. The first kappa shape index (κ1) is 28.4. The molecular formula is C23H33N4O7PS. The summed E-state index contributed by atoms with van der Waals surface area (Å²) in [5, 5.41) is 2.88. The third-order valence-electron chi connectivity index (χ3n) is 6.00. The van der Waals surface area contributed by atoms with Crippen molar-refractivity contribution < 1.29 is 33.2 Å². The van der Waals surface area contributed by atoms with E-state index in [0.717, 1.165) is 21.7 Å². The summed E-state index contributed by atoms with van der Waals surface area (Å²) in [6.45, 7) is 7.10. The molecule has 3 rings (SSSR count). The van der Waals surface area contributed by atoms with E-state index < -0.39 is 44.1 Å². The van der Waals surface area contributed by atoms with Gasteiger partial charge in [-0.3, -0.25) is 14.1 Å². The predicted octanol–water partition coefficient (Wildman–Crippen LogP) is 2.16. The van der Waals surface area contributed by atoms with Gasteiger partial charge in [0, 0.05) is 19.5 Å². The van der Waals surface area contributed by atoms with Crippen LogP contribution in [0.15, 0.2) is 29.8 Å². The van der Waals surface area contributed by atoms with Crippen LogP contribution in [0.4, 0.5) is 0 Å². The Morgan fingerprint density at radius 2 is 1.97 bits per heavy atom. The average molecular weight is 541 g/mol. The molecule has 1 aromatic carbocycles. The standard InChI is InChI=1S/C23H33N4O7PS/c1-14-19(36-12-26-14)16-7-5-15(6-8-16)10-25-21(28)18-9-17(33-13-34-35(30,31)32)11-27(18)22(29)20(24)23(2,3)4/h5-8,12,17-18,20H,9-11,13,24H2,1-4H3,(H,25,28)(H2,30,31,32)/t17-,18+,20-/m1/s1. The number of benzene rings is 1. The fourth-order valence-corrected chi connectivity index (χ4v) is 4.82. The first-order valence-electron chi connectivity index (χ1n) is 11.4. The minimum absolute atomic E-state index is 0.0497. The zero-order chi connectivity index (χ0) is 26.7. The van der Waals surface area contributed by atoms with E-state index in [9.17, 15) is 14.2 Å². The Labute approximate surface area is 214 Å². The number of phosphoric acid groups is 1. The number of amides is 2. The Morgan fingerprint density at radius 3 is 2.53 bits per heavy atom. The van der Waals surface area contributed by atoms with Crippen LogP contribution in [0.1, 0.15) is 38.4 Å². The molecular weight excluding hydrogens is 507 g/mol. The van der Waals surface area contributed by atoms with Gasteiger partial charge in [0.2, 0.25) is 11.8 Å². The van der Waals surface area contributed by atoms with Crippen molar-refractivity contribution in [3.8, 4) is 10.4 Å². The van der Waals surface area contributed by atoms with E-state index >= 15 is 0 Å². The van der Waals surface area contributed by atoms with Crippen molar-refractivity contribution in [1.82, 2.24) is 15.2 Å². The number of nitrogens with zero attached hydrogens (tertiary/aromatic N) is 2. The summed E-state index contributed by atoms with van der Waals surface area (Å²) in [5.41, 5.74) is 10.3. The lowest BCUT2D eigenvalue weighted by molar-refractivity contribution is -0.141. The van der Waals surface area contributed by atoms with Crippen molar-refractivity contribution in [2.75, 3.05) is 13.3 Å². The van der Waals surface area contributed by atoms with Crippen LogP contribution in [0.25, 0.3) is 10.4 Å². The van der Waals surface area contributed by atoms with Gasteiger partial charge in [-0.15, -0.1) is 11.3 Å². The molecule has 0 unspecified atom stereocenters. The molecule has 1 fully saturated rings. The SMILES string of the molecule is Cc1ncsc1-c1ccc(CNC(=O)[C@@H]2C[C@@H](OCOP(=O)(O)O)CN2C(=O)[C@@H](N)C(C)(C)C)cc1. The second-order valence-corrected chi connectivity index (χ2v) is 11.9. The summed E-state index contributed by atoms with van der Waals surface area (Å²) in [5.74, 6) is -0.761. The summed E-state index contributed by atoms with van der Waals surface area (Å²) in [7, 11) is -4.70. The first-order chi connectivity index (χ1) is 16.8. The lowest BCUT2D eigenvalue weighted by Crippen LogP contribution is -2.54. The van der Waals surface area contributed by atoms with Gasteiger partial charge < -0.3 is 30.5 Å². The quantitative estimate of drug-likeness (QED) is 0.276.